The summed E-state index contributed by atoms with van der Waals surface area (Å²) in [6.45, 7) is 0. The van der Waals surface area contributed by atoms with Crippen molar-refractivity contribution in [2.45, 2.75) is 0 Å². The van der Waals surface area contributed by atoms with E-state index in [4.69, 9.17) is 5.11 Å². The van der Waals surface area contributed by atoms with Gasteiger partial charge in [0.15, 0.2) is 5.75 Å². The fourth-order valence-electron chi connectivity index (χ4n) is 1.78. The Bertz CT molecular complexity index is 789. The van der Waals surface area contributed by atoms with Gasteiger partial charge in [-0.3, -0.25) is 9.67 Å². The molecule has 19 heavy (non-hydrogen) atoms. The lowest BCUT2D eigenvalue weighted by Crippen LogP contribution is -1.98. The highest BCUT2D eigenvalue weighted by Gasteiger charge is 2.18. The molecule has 0 radical (unpaired) electrons. The number of aromatic hydroxyl groups is 1. The normalized spacial score (nSPS) is 11.0. The Morgan fingerprint density at radius 3 is 2.74 bits per heavy atom. The summed E-state index contributed by atoms with van der Waals surface area (Å²) in [6.07, 6.45) is 6.32. The number of nitrogens with zero attached hydrogens (tertiary/aromatic N) is 5. The maximum absolute atomic E-state index is 10.9. The summed E-state index contributed by atoms with van der Waals surface area (Å²) in [5.41, 5.74) is 1.20. The number of carbonyl (C=O) groups is 1. The van der Waals surface area contributed by atoms with Crippen molar-refractivity contribution in [1.82, 2.24) is 24.4 Å². The zero-order chi connectivity index (χ0) is 13.6. The SMILES string of the molecule is Cn1cc(-c2cn3nc(C(=O)O)c(O)c3cn2)cn1. The molecule has 8 heteroatoms. The lowest BCUT2D eigenvalue weighted by atomic mass is 10.2. The predicted molar refractivity (Wildman–Crippen MR) is 63.8 cm³/mol. The Kier molecular flexibility index (Phi) is 2.24. The third-order valence-electron chi connectivity index (χ3n) is 2.70. The maximum Gasteiger partial charge on any atom is 0.360 e. The van der Waals surface area contributed by atoms with E-state index in [1.54, 1.807) is 30.3 Å². The Balaban J connectivity index is 2.18. The number of aryl methyl sites for hydroxylation is 1. The summed E-state index contributed by atoms with van der Waals surface area (Å²) in [5, 5.41) is 26.4. The molecule has 0 saturated heterocycles. The smallest absolute Gasteiger partial charge is 0.360 e. The molecule has 0 bridgehead atoms. The van der Waals surface area contributed by atoms with Crippen LogP contribution in [0.2, 0.25) is 0 Å². The minimum Gasteiger partial charge on any atom is -0.504 e. The van der Waals surface area contributed by atoms with Gasteiger partial charge in [-0.15, -0.1) is 0 Å². The van der Waals surface area contributed by atoms with Crippen LogP contribution < -0.4 is 0 Å². The van der Waals surface area contributed by atoms with Crippen LogP contribution in [0.1, 0.15) is 10.5 Å². The average molecular weight is 259 g/mol. The van der Waals surface area contributed by atoms with Gasteiger partial charge in [0.05, 0.1) is 24.3 Å². The van der Waals surface area contributed by atoms with E-state index in [2.05, 4.69) is 15.2 Å². The van der Waals surface area contributed by atoms with Crippen molar-refractivity contribution in [1.29, 1.82) is 0 Å². The fourth-order valence-corrected chi connectivity index (χ4v) is 1.78. The molecule has 0 saturated carbocycles. The van der Waals surface area contributed by atoms with E-state index in [9.17, 15) is 9.90 Å². The predicted octanol–water partition coefficient (Wildman–Crippen LogP) is 0.534. The van der Waals surface area contributed by atoms with Crippen molar-refractivity contribution in [3.63, 3.8) is 0 Å². The zero-order valence-electron chi connectivity index (χ0n) is 9.85. The molecular weight excluding hydrogens is 250 g/mol. The van der Waals surface area contributed by atoms with Crippen molar-refractivity contribution in [3.8, 4) is 17.0 Å². The lowest BCUT2D eigenvalue weighted by molar-refractivity contribution is 0.0687. The van der Waals surface area contributed by atoms with Crippen LogP contribution in [0.15, 0.2) is 24.8 Å². The first kappa shape index (κ1) is 11.2. The van der Waals surface area contributed by atoms with Crippen LogP contribution in [0.4, 0.5) is 0 Å². The number of carboxylic acid groups (broad SMARTS) is 1. The number of aromatic carboxylic acids is 1. The molecule has 0 aliphatic carbocycles. The highest BCUT2D eigenvalue weighted by molar-refractivity contribution is 5.91. The van der Waals surface area contributed by atoms with E-state index in [0.29, 0.717) is 5.69 Å². The third kappa shape index (κ3) is 1.69. The Hall–Kier alpha value is -2.90. The van der Waals surface area contributed by atoms with Gasteiger partial charge in [-0.25, -0.2) is 9.31 Å². The van der Waals surface area contributed by atoms with Crippen molar-refractivity contribution in [2.75, 3.05) is 0 Å². The Morgan fingerprint density at radius 2 is 2.11 bits per heavy atom. The Morgan fingerprint density at radius 1 is 1.32 bits per heavy atom. The van der Waals surface area contributed by atoms with Crippen LogP contribution in [-0.2, 0) is 7.05 Å². The highest BCUT2D eigenvalue weighted by Crippen LogP contribution is 2.24. The highest BCUT2D eigenvalue weighted by atomic mass is 16.4. The van der Waals surface area contributed by atoms with Crippen LogP contribution >= 0.6 is 0 Å². The minimum atomic E-state index is -1.29. The van der Waals surface area contributed by atoms with Crippen LogP contribution in [0, 0.1) is 0 Å². The first-order chi connectivity index (χ1) is 9.06. The number of rotatable bonds is 2. The molecule has 0 unspecified atom stereocenters. The van der Waals surface area contributed by atoms with E-state index in [-0.39, 0.29) is 5.52 Å². The molecule has 0 aliphatic heterocycles. The number of fused-ring (bicyclic) bond motifs is 1. The van der Waals surface area contributed by atoms with Crippen LogP contribution in [0.25, 0.3) is 16.8 Å². The quantitative estimate of drug-likeness (QED) is 0.695. The topological polar surface area (TPSA) is 106 Å². The third-order valence-corrected chi connectivity index (χ3v) is 2.70. The fraction of sp³-hybridized carbons (Fsp3) is 0.0909. The molecule has 2 N–H and O–H groups in total. The van der Waals surface area contributed by atoms with Gasteiger partial charge in [-0.05, 0) is 0 Å². The molecule has 8 nitrogen and oxygen atoms in total. The summed E-state index contributed by atoms with van der Waals surface area (Å²) in [6, 6.07) is 0. The molecule has 3 aromatic rings. The molecule has 0 atom stereocenters. The maximum atomic E-state index is 10.9. The van der Waals surface area contributed by atoms with Crippen molar-refractivity contribution >= 4 is 11.5 Å². The summed E-state index contributed by atoms with van der Waals surface area (Å²) in [4.78, 5) is 15.0. The zero-order valence-corrected chi connectivity index (χ0v) is 9.85. The molecule has 3 rings (SSSR count). The van der Waals surface area contributed by atoms with E-state index in [1.807, 2.05) is 0 Å². The van der Waals surface area contributed by atoms with E-state index in [1.165, 1.54) is 10.7 Å². The second-order valence-electron chi connectivity index (χ2n) is 4.01. The van der Waals surface area contributed by atoms with Gasteiger partial charge in [-0.1, -0.05) is 0 Å². The van der Waals surface area contributed by atoms with Gasteiger partial charge < -0.3 is 10.2 Å². The number of aromatic nitrogens is 5. The van der Waals surface area contributed by atoms with Crippen LogP contribution in [0.5, 0.6) is 5.75 Å². The lowest BCUT2D eigenvalue weighted by Gasteiger charge is -1.97. The van der Waals surface area contributed by atoms with Crippen LogP contribution in [-0.4, -0.2) is 40.6 Å². The summed E-state index contributed by atoms with van der Waals surface area (Å²) >= 11 is 0. The number of hydrogen-bond acceptors (Lipinski definition) is 5. The molecule has 0 aliphatic rings. The molecule has 0 fully saturated rings. The summed E-state index contributed by atoms with van der Waals surface area (Å²) in [5.74, 6) is -1.68. The summed E-state index contributed by atoms with van der Waals surface area (Å²) in [7, 11) is 1.78. The van der Waals surface area contributed by atoms with E-state index >= 15 is 0 Å². The van der Waals surface area contributed by atoms with Gasteiger partial charge in [0.1, 0.15) is 5.52 Å². The Labute approximate surface area is 106 Å². The molecule has 96 valence electrons. The largest absolute Gasteiger partial charge is 0.504 e. The van der Waals surface area contributed by atoms with Crippen molar-refractivity contribution in [3.05, 3.63) is 30.5 Å². The minimum absolute atomic E-state index is 0.241. The first-order valence-electron chi connectivity index (χ1n) is 5.36. The monoisotopic (exact) mass is 259 g/mol. The van der Waals surface area contributed by atoms with E-state index in [0.717, 1.165) is 5.56 Å². The second kappa shape index (κ2) is 3.80. The van der Waals surface area contributed by atoms with Crippen molar-refractivity contribution < 1.29 is 15.0 Å². The van der Waals surface area contributed by atoms with Gasteiger partial charge in [0.25, 0.3) is 0 Å². The van der Waals surface area contributed by atoms with Gasteiger partial charge in [0.2, 0.25) is 5.69 Å². The van der Waals surface area contributed by atoms with Gasteiger partial charge >= 0.3 is 5.97 Å². The molecule has 3 heterocycles. The first-order valence-corrected chi connectivity index (χ1v) is 5.36. The summed E-state index contributed by atoms with van der Waals surface area (Å²) < 4.78 is 2.92. The molecular formula is C11H9N5O3. The molecule has 0 spiro atoms. The standard InChI is InChI=1S/C11H9N5O3/c1-15-4-6(2-13-15)7-5-16-8(3-12-7)10(17)9(14-16)11(18)19/h2-5,17H,1H3,(H,18,19). The van der Waals surface area contributed by atoms with Gasteiger partial charge in [-0.2, -0.15) is 10.2 Å². The van der Waals surface area contributed by atoms with Crippen molar-refractivity contribution in [2.24, 2.45) is 7.05 Å². The van der Waals surface area contributed by atoms with Crippen LogP contribution in [0.3, 0.4) is 0 Å². The average Bonchev–Trinajstić information content (AvgIpc) is 2.94. The number of carboxylic acids is 1. The molecule has 0 aromatic carbocycles. The van der Waals surface area contributed by atoms with E-state index < -0.39 is 17.4 Å². The molecule has 3 aromatic heterocycles. The number of hydrogen-bond donors (Lipinski definition) is 2. The van der Waals surface area contributed by atoms with Gasteiger partial charge in [0, 0.05) is 18.8 Å². The second-order valence-corrected chi connectivity index (χ2v) is 4.01. The molecule has 0 amide bonds.